The third-order valence-corrected chi connectivity index (χ3v) is 3.86. The average Bonchev–Trinajstić information content (AvgIpc) is 2.62. The first-order valence-corrected chi connectivity index (χ1v) is 6.21. The Labute approximate surface area is 89.6 Å². The normalized spacial score (nSPS) is 11.1. The van der Waals surface area contributed by atoms with Gasteiger partial charge in [-0.25, -0.2) is 4.39 Å². The Morgan fingerprint density at radius 3 is 3.00 bits per heavy atom. The Kier molecular flexibility index (Phi) is 2.76. The van der Waals surface area contributed by atoms with Crippen molar-refractivity contribution in [2.45, 2.75) is 11.5 Å². The number of thioether (sulfide) groups is 1. The van der Waals surface area contributed by atoms with E-state index in [2.05, 4.69) is 0 Å². The van der Waals surface area contributed by atoms with Crippen LogP contribution in [0.3, 0.4) is 0 Å². The molecule has 4 heteroatoms. The van der Waals surface area contributed by atoms with Crippen molar-refractivity contribution in [3.05, 3.63) is 28.9 Å². The summed E-state index contributed by atoms with van der Waals surface area (Å²) in [6.45, 7) is -0.242. The molecule has 0 spiro atoms. The fraction of sp³-hybridized carbons (Fsp3) is 0.200. The maximum Gasteiger partial charge on any atom is 0.131 e. The van der Waals surface area contributed by atoms with Gasteiger partial charge in [-0.15, -0.1) is 23.1 Å². The van der Waals surface area contributed by atoms with Crippen LogP contribution in [-0.2, 0) is 6.61 Å². The van der Waals surface area contributed by atoms with E-state index >= 15 is 0 Å². The molecule has 0 aliphatic heterocycles. The van der Waals surface area contributed by atoms with Gasteiger partial charge in [0.15, 0.2) is 0 Å². The molecule has 0 radical (unpaired) electrons. The van der Waals surface area contributed by atoms with Crippen LogP contribution in [0.4, 0.5) is 4.39 Å². The molecule has 1 nitrogen and oxygen atoms in total. The van der Waals surface area contributed by atoms with Crippen molar-refractivity contribution in [3.8, 4) is 0 Å². The quantitative estimate of drug-likeness (QED) is 0.796. The Hall–Kier alpha value is -0.580. The van der Waals surface area contributed by atoms with Crippen LogP contribution >= 0.6 is 23.1 Å². The maximum absolute atomic E-state index is 13.5. The van der Waals surface area contributed by atoms with E-state index in [1.807, 2.05) is 17.7 Å². The van der Waals surface area contributed by atoms with Crippen LogP contribution in [0.15, 0.2) is 22.4 Å². The molecule has 0 atom stereocenters. The summed E-state index contributed by atoms with van der Waals surface area (Å²) in [7, 11) is 0. The summed E-state index contributed by atoms with van der Waals surface area (Å²) in [5, 5.41) is 12.0. The van der Waals surface area contributed by atoms with E-state index in [1.165, 1.54) is 29.2 Å². The fourth-order valence-corrected chi connectivity index (χ4v) is 3.16. The van der Waals surface area contributed by atoms with Gasteiger partial charge in [0, 0.05) is 20.5 Å². The van der Waals surface area contributed by atoms with Crippen molar-refractivity contribution in [2.24, 2.45) is 0 Å². The van der Waals surface area contributed by atoms with Crippen molar-refractivity contribution >= 4 is 33.2 Å². The van der Waals surface area contributed by atoms with Crippen LogP contribution in [0.1, 0.15) is 5.56 Å². The molecule has 14 heavy (non-hydrogen) atoms. The molecule has 0 saturated carbocycles. The standard InChI is InChI=1S/C10H9FOS2/c1-13-10-6-2-3-14-9(6)4-8(11)7(10)5-12/h2-4,12H,5H2,1H3. The van der Waals surface area contributed by atoms with Crippen LogP contribution in [0, 0.1) is 5.82 Å². The number of aliphatic hydroxyl groups is 1. The van der Waals surface area contributed by atoms with Gasteiger partial charge < -0.3 is 5.11 Å². The lowest BCUT2D eigenvalue weighted by molar-refractivity contribution is 0.273. The summed E-state index contributed by atoms with van der Waals surface area (Å²) >= 11 is 2.99. The lowest BCUT2D eigenvalue weighted by Gasteiger charge is -2.07. The van der Waals surface area contributed by atoms with E-state index in [0.717, 1.165) is 15.0 Å². The van der Waals surface area contributed by atoms with Gasteiger partial charge in [-0.3, -0.25) is 0 Å². The van der Waals surface area contributed by atoms with Gasteiger partial charge in [0.1, 0.15) is 5.82 Å². The van der Waals surface area contributed by atoms with Gasteiger partial charge in [-0.2, -0.15) is 0 Å². The smallest absolute Gasteiger partial charge is 0.131 e. The molecule has 1 heterocycles. The molecule has 74 valence electrons. The summed E-state index contributed by atoms with van der Waals surface area (Å²) in [6.07, 6.45) is 1.89. The second-order valence-corrected chi connectivity index (χ2v) is 4.62. The number of aliphatic hydroxyl groups excluding tert-OH is 1. The minimum atomic E-state index is -0.313. The van der Waals surface area contributed by atoms with E-state index < -0.39 is 0 Å². The summed E-state index contributed by atoms with van der Waals surface area (Å²) in [5.74, 6) is -0.313. The van der Waals surface area contributed by atoms with Crippen molar-refractivity contribution in [1.82, 2.24) is 0 Å². The molecule has 0 saturated heterocycles. The first-order valence-electron chi connectivity index (χ1n) is 4.11. The summed E-state index contributed by atoms with van der Waals surface area (Å²) < 4.78 is 14.4. The molecule has 1 N–H and O–H groups in total. The highest BCUT2D eigenvalue weighted by Crippen LogP contribution is 2.34. The highest BCUT2D eigenvalue weighted by Gasteiger charge is 2.12. The average molecular weight is 228 g/mol. The molecule has 0 amide bonds. The van der Waals surface area contributed by atoms with E-state index in [9.17, 15) is 4.39 Å². The SMILES string of the molecule is CSc1c(CO)c(F)cc2sccc12. The van der Waals surface area contributed by atoms with Crippen LogP contribution in [0.2, 0.25) is 0 Å². The fourth-order valence-electron chi connectivity index (χ4n) is 1.47. The van der Waals surface area contributed by atoms with Crippen molar-refractivity contribution < 1.29 is 9.50 Å². The number of hydrogen-bond donors (Lipinski definition) is 1. The largest absolute Gasteiger partial charge is 0.392 e. The second-order valence-electron chi connectivity index (χ2n) is 2.86. The zero-order valence-electron chi connectivity index (χ0n) is 7.58. The van der Waals surface area contributed by atoms with Gasteiger partial charge in [-0.1, -0.05) is 0 Å². The van der Waals surface area contributed by atoms with Crippen molar-refractivity contribution in [2.75, 3.05) is 6.26 Å². The number of rotatable bonds is 2. The maximum atomic E-state index is 13.5. The highest BCUT2D eigenvalue weighted by atomic mass is 32.2. The second kappa shape index (κ2) is 3.88. The topological polar surface area (TPSA) is 20.2 Å². The minimum Gasteiger partial charge on any atom is -0.392 e. The molecule has 0 aliphatic rings. The van der Waals surface area contributed by atoms with E-state index in [0.29, 0.717) is 5.56 Å². The number of fused-ring (bicyclic) bond motifs is 1. The van der Waals surface area contributed by atoms with E-state index in [4.69, 9.17) is 5.11 Å². The first kappa shape index (κ1) is 9.96. The Balaban J connectivity index is 2.82. The van der Waals surface area contributed by atoms with Gasteiger partial charge in [0.05, 0.1) is 6.61 Å². The molecular formula is C10H9FOS2. The van der Waals surface area contributed by atoms with E-state index in [1.54, 1.807) is 0 Å². The third kappa shape index (κ3) is 1.43. The van der Waals surface area contributed by atoms with Crippen LogP contribution in [0.25, 0.3) is 10.1 Å². The lowest BCUT2D eigenvalue weighted by Crippen LogP contribution is -1.93. The summed E-state index contributed by atoms with van der Waals surface area (Å²) in [5.41, 5.74) is 0.406. The Bertz CT molecular complexity index is 464. The zero-order chi connectivity index (χ0) is 10.1. The molecule has 0 unspecified atom stereocenters. The van der Waals surface area contributed by atoms with Crippen molar-refractivity contribution in [3.63, 3.8) is 0 Å². The molecule has 2 rings (SSSR count). The zero-order valence-corrected chi connectivity index (χ0v) is 9.21. The summed E-state index contributed by atoms with van der Waals surface area (Å²) in [4.78, 5) is 0.851. The molecule has 1 aromatic carbocycles. The van der Waals surface area contributed by atoms with Gasteiger partial charge in [0.25, 0.3) is 0 Å². The Morgan fingerprint density at radius 1 is 1.57 bits per heavy atom. The predicted octanol–water partition coefficient (Wildman–Crippen LogP) is 3.25. The molecular weight excluding hydrogens is 219 g/mol. The molecule has 0 fully saturated rings. The highest BCUT2D eigenvalue weighted by molar-refractivity contribution is 7.98. The first-order chi connectivity index (χ1) is 6.77. The van der Waals surface area contributed by atoms with Gasteiger partial charge >= 0.3 is 0 Å². The van der Waals surface area contributed by atoms with Gasteiger partial charge in [-0.05, 0) is 23.8 Å². The molecule has 0 aliphatic carbocycles. The number of benzene rings is 1. The summed E-state index contributed by atoms with van der Waals surface area (Å²) in [6, 6.07) is 3.45. The van der Waals surface area contributed by atoms with Crippen LogP contribution in [0.5, 0.6) is 0 Å². The van der Waals surface area contributed by atoms with Crippen LogP contribution < -0.4 is 0 Å². The monoisotopic (exact) mass is 228 g/mol. The lowest BCUT2D eigenvalue weighted by atomic mass is 10.1. The van der Waals surface area contributed by atoms with Crippen LogP contribution in [-0.4, -0.2) is 11.4 Å². The Morgan fingerprint density at radius 2 is 2.36 bits per heavy atom. The van der Waals surface area contributed by atoms with Gasteiger partial charge in [0.2, 0.25) is 0 Å². The molecule has 0 bridgehead atoms. The predicted molar refractivity (Wildman–Crippen MR) is 59.5 cm³/mol. The van der Waals surface area contributed by atoms with E-state index in [-0.39, 0.29) is 12.4 Å². The molecule has 2 aromatic rings. The minimum absolute atomic E-state index is 0.242. The number of thiophene rings is 1. The number of halogens is 1. The molecule has 1 aromatic heterocycles. The number of hydrogen-bond acceptors (Lipinski definition) is 3. The van der Waals surface area contributed by atoms with Crippen molar-refractivity contribution in [1.29, 1.82) is 0 Å². The third-order valence-electron chi connectivity index (χ3n) is 2.12.